The van der Waals surface area contributed by atoms with Gasteiger partial charge in [0.15, 0.2) is 0 Å². The van der Waals surface area contributed by atoms with Crippen LogP contribution in [0.4, 0.5) is 0 Å². The van der Waals surface area contributed by atoms with Crippen LogP contribution in [0.2, 0.25) is 0 Å². The van der Waals surface area contributed by atoms with E-state index < -0.39 is 0 Å². The van der Waals surface area contributed by atoms with Gasteiger partial charge in [0.05, 0.1) is 0 Å². The maximum Gasteiger partial charge on any atom is 0.0155 e. The van der Waals surface area contributed by atoms with Crippen LogP contribution in [0.1, 0.15) is 25.7 Å². The third-order valence-corrected chi connectivity index (χ3v) is 2.86. The van der Waals surface area contributed by atoms with Crippen LogP contribution in [0.15, 0.2) is 38.0 Å². The fourth-order valence-electron chi connectivity index (χ4n) is 1.97. The Hall–Kier alpha value is -0.780. The molecule has 0 heterocycles. The molecule has 0 aromatic heterocycles. The first-order chi connectivity index (χ1) is 5.79. The van der Waals surface area contributed by atoms with Crippen molar-refractivity contribution < 1.29 is 0 Å². The van der Waals surface area contributed by atoms with E-state index in [2.05, 4.69) is 19.7 Å². The summed E-state index contributed by atoms with van der Waals surface area (Å²) in [4.78, 5) is 0. The third kappa shape index (κ3) is 1.38. The summed E-state index contributed by atoms with van der Waals surface area (Å²) in [6.45, 7) is 11.6. The topological polar surface area (TPSA) is 0 Å². The summed E-state index contributed by atoms with van der Waals surface area (Å²) in [7, 11) is 0. The highest BCUT2D eigenvalue weighted by atomic mass is 14.4. The van der Waals surface area contributed by atoms with Crippen molar-refractivity contribution in [2.75, 3.05) is 0 Å². The van der Waals surface area contributed by atoms with E-state index >= 15 is 0 Å². The third-order valence-electron chi connectivity index (χ3n) is 2.86. The van der Waals surface area contributed by atoms with Gasteiger partial charge < -0.3 is 0 Å². The van der Waals surface area contributed by atoms with Crippen LogP contribution in [0.5, 0.6) is 0 Å². The maximum absolute atomic E-state index is 3.89. The number of allylic oxidation sites excluding steroid dienone is 3. The Morgan fingerprint density at radius 1 is 1.08 bits per heavy atom. The Kier molecular flexibility index (Phi) is 2.91. The fourth-order valence-corrected chi connectivity index (χ4v) is 1.97. The molecular weight excluding hydrogens is 144 g/mol. The van der Waals surface area contributed by atoms with Crippen molar-refractivity contribution in [1.82, 2.24) is 0 Å². The van der Waals surface area contributed by atoms with Crippen LogP contribution in [-0.4, -0.2) is 0 Å². The van der Waals surface area contributed by atoms with Gasteiger partial charge in [0.25, 0.3) is 0 Å². The first-order valence-electron chi connectivity index (χ1n) is 4.55. The van der Waals surface area contributed by atoms with Crippen LogP contribution in [0.3, 0.4) is 0 Å². The molecule has 1 rings (SSSR count). The van der Waals surface area contributed by atoms with E-state index in [1.165, 1.54) is 18.8 Å². The molecule has 0 N–H and O–H groups in total. The van der Waals surface area contributed by atoms with Gasteiger partial charge in [-0.1, -0.05) is 31.1 Å². The zero-order valence-corrected chi connectivity index (χ0v) is 7.68. The first kappa shape index (κ1) is 9.31. The molecule has 0 saturated heterocycles. The van der Waals surface area contributed by atoms with Crippen LogP contribution in [0.25, 0.3) is 0 Å². The second kappa shape index (κ2) is 3.75. The van der Waals surface area contributed by atoms with Crippen molar-refractivity contribution in [3.05, 3.63) is 43.9 Å². The molecule has 1 aliphatic carbocycles. The van der Waals surface area contributed by atoms with Gasteiger partial charge in [-0.05, 0) is 12.8 Å². The van der Waals surface area contributed by atoms with Crippen molar-refractivity contribution in [3.8, 4) is 0 Å². The maximum atomic E-state index is 3.89. The summed E-state index contributed by atoms with van der Waals surface area (Å²) >= 11 is 0. The van der Waals surface area contributed by atoms with Crippen molar-refractivity contribution in [1.29, 1.82) is 0 Å². The number of hydrogen-bond donors (Lipinski definition) is 0. The van der Waals surface area contributed by atoms with E-state index in [9.17, 15) is 0 Å². The molecule has 1 saturated carbocycles. The van der Waals surface area contributed by atoms with E-state index in [1.807, 2.05) is 18.2 Å². The summed E-state index contributed by atoms with van der Waals surface area (Å²) < 4.78 is 0. The average Bonchev–Trinajstić information content (AvgIpc) is 2.17. The van der Waals surface area contributed by atoms with Crippen molar-refractivity contribution >= 4 is 0 Å². The van der Waals surface area contributed by atoms with E-state index in [0.29, 0.717) is 0 Å². The normalized spacial score (nSPS) is 23.0. The smallest absolute Gasteiger partial charge is 0.0155 e. The van der Waals surface area contributed by atoms with Crippen molar-refractivity contribution in [3.63, 3.8) is 0 Å². The SMILES string of the molecule is C=C[C]1CCCCC1(C=C)C=C. The van der Waals surface area contributed by atoms with Gasteiger partial charge in [-0.3, -0.25) is 0 Å². The molecule has 65 valence electrons. The highest BCUT2D eigenvalue weighted by molar-refractivity contribution is 5.30. The van der Waals surface area contributed by atoms with Gasteiger partial charge in [-0.25, -0.2) is 0 Å². The van der Waals surface area contributed by atoms with Gasteiger partial charge in [0, 0.05) is 11.3 Å². The lowest BCUT2D eigenvalue weighted by Crippen LogP contribution is -2.26. The molecular formula is C12H17. The zero-order chi connectivity index (χ0) is 9.03. The molecule has 0 amide bonds. The van der Waals surface area contributed by atoms with E-state index in [4.69, 9.17) is 0 Å². The average molecular weight is 161 g/mol. The van der Waals surface area contributed by atoms with Gasteiger partial charge in [0.2, 0.25) is 0 Å². The van der Waals surface area contributed by atoms with E-state index in [0.717, 1.165) is 12.8 Å². The van der Waals surface area contributed by atoms with Gasteiger partial charge in [-0.2, -0.15) is 0 Å². The molecule has 0 atom stereocenters. The Morgan fingerprint density at radius 2 is 1.75 bits per heavy atom. The summed E-state index contributed by atoms with van der Waals surface area (Å²) in [5.74, 6) is 1.39. The monoisotopic (exact) mass is 161 g/mol. The Labute approximate surface area is 75.7 Å². The minimum atomic E-state index is 0.0556. The van der Waals surface area contributed by atoms with Gasteiger partial charge >= 0.3 is 0 Å². The summed E-state index contributed by atoms with van der Waals surface area (Å²) in [5, 5.41) is 0. The molecule has 1 radical (unpaired) electrons. The van der Waals surface area contributed by atoms with E-state index in [1.54, 1.807) is 0 Å². The quantitative estimate of drug-likeness (QED) is 0.554. The van der Waals surface area contributed by atoms with Crippen LogP contribution in [-0.2, 0) is 0 Å². The Balaban J connectivity index is 2.86. The molecule has 1 aliphatic rings. The minimum Gasteiger partial charge on any atom is -0.102 e. The molecule has 12 heavy (non-hydrogen) atoms. The molecule has 0 spiro atoms. The van der Waals surface area contributed by atoms with Crippen molar-refractivity contribution in [2.24, 2.45) is 5.41 Å². The first-order valence-corrected chi connectivity index (χ1v) is 4.55. The lowest BCUT2D eigenvalue weighted by molar-refractivity contribution is 0.383. The molecule has 1 fully saturated rings. The molecule has 0 aromatic rings. The summed E-state index contributed by atoms with van der Waals surface area (Å²) in [6.07, 6.45) is 10.9. The molecule has 0 aromatic carbocycles. The van der Waals surface area contributed by atoms with Crippen LogP contribution in [0, 0.1) is 11.3 Å². The molecule has 0 aliphatic heterocycles. The van der Waals surface area contributed by atoms with Gasteiger partial charge in [0.1, 0.15) is 0 Å². The van der Waals surface area contributed by atoms with Gasteiger partial charge in [-0.15, -0.1) is 19.7 Å². The summed E-state index contributed by atoms with van der Waals surface area (Å²) in [6, 6.07) is 0. The molecule has 0 unspecified atom stereocenters. The predicted molar refractivity (Wildman–Crippen MR) is 54.7 cm³/mol. The highest BCUT2D eigenvalue weighted by Crippen LogP contribution is 2.45. The zero-order valence-electron chi connectivity index (χ0n) is 7.68. The predicted octanol–water partition coefficient (Wildman–Crippen LogP) is 3.68. The lowest BCUT2D eigenvalue weighted by atomic mass is 9.66. The van der Waals surface area contributed by atoms with Crippen LogP contribution >= 0.6 is 0 Å². The molecule has 0 nitrogen and oxygen atoms in total. The Morgan fingerprint density at radius 3 is 2.17 bits per heavy atom. The van der Waals surface area contributed by atoms with Crippen molar-refractivity contribution in [2.45, 2.75) is 25.7 Å². The number of rotatable bonds is 3. The second-order valence-corrected chi connectivity index (χ2v) is 3.39. The highest BCUT2D eigenvalue weighted by Gasteiger charge is 2.33. The fraction of sp³-hybridized carbons (Fsp3) is 0.417. The Bertz CT molecular complexity index is 180. The minimum absolute atomic E-state index is 0.0556. The molecule has 0 bridgehead atoms. The van der Waals surface area contributed by atoms with E-state index in [-0.39, 0.29) is 5.41 Å². The lowest BCUT2D eigenvalue weighted by Gasteiger charge is -2.37. The number of hydrogen-bond acceptors (Lipinski definition) is 0. The standard InChI is InChI=1S/C12H17/c1-4-11-9-7-8-10-12(11,5-2)6-3/h4-6H,1-3,7-10H2. The molecule has 0 heteroatoms. The second-order valence-electron chi connectivity index (χ2n) is 3.39. The summed E-state index contributed by atoms with van der Waals surface area (Å²) in [5.41, 5.74) is 0.0556. The largest absolute Gasteiger partial charge is 0.102 e. The van der Waals surface area contributed by atoms with Crippen LogP contribution < -0.4 is 0 Å².